The molecule has 102 valence electrons. The molecule has 0 spiro atoms. The summed E-state index contributed by atoms with van der Waals surface area (Å²) in [6.45, 7) is 4.64. The van der Waals surface area contributed by atoms with Crippen molar-refractivity contribution in [2.45, 2.75) is 20.0 Å². The summed E-state index contributed by atoms with van der Waals surface area (Å²) in [5, 5.41) is 4.06. The van der Waals surface area contributed by atoms with Crippen molar-refractivity contribution in [1.29, 1.82) is 0 Å². The van der Waals surface area contributed by atoms with Crippen LogP contribution in [0.4, 0.5) is 0 Å². The summed E-state index contributed by atoms with van der Waals surface area (Å²) in [6.07, 6.45) is 4.47. The van der Waals surface area contributed by atoms with Crippen molar-refractivity contribution in [3.8, 4) is 0 Å². The molecule has 2 rings (SSSR count). The fourth-order valence-corrected chi connectivity index (χ4v) is 1.86. The zero-order valence-corrected chi connectivity index (χ0v) is 12.3. The molecule has 0 aliphatic carbocycles. The molecule has 0 amide bonds. The molecule has 2 aromatic heterocycles. The third kappa shape index (κ3) is 3.30. The number of esters is 1. The highest BCUT2D eigenvalue weighted by Gasteiger charge is 2.18. The zero-order valence-electron chi connectivity index (χ0n) is 10.7. The van der Waals surface area contributed by atoms with E-state index >= 15 is 0 Å². The van der Waals surface area contributed by atoms with E-state index in [9.17, 15) is 4.79 Å². The van der Waals surface area contributed by atoms with E-state index in [0.29, 0.717) is 24.4 Å². The van der Waals surface area contributed by atoms with Crippen LogP contribution in [0, 0.1) is 0 Å². The van der Waals surface area contributed by atoms with Gasteiger partial charge in [0.05, 0.1) is 17.3 Å². The second-order valence-electron chi connectivity index (χ2n) is 3.97. The van der Waals surface area contributed by atoms with Crippen molar-refractivity contribution in [1.82, 2.24) is 14.6 Å². The van der Waals surface area contributed by atoms with Gasteiger partial charge in [-0.25, -0.2) is 14.3 Å². The molecule has 0 aliphatic heterocycles. The Bertz CT molecular complexity index is 585. The number of nitrogens with zero attached hydrogens (tertiary/aromatic N) is 3. The number of halogens is 1. The van der Waals surface area contributed by atoms with Crippen LogP contribution in [0.25, 0.3) is 5.65 Å². The van der Waals surface area contributed by atoms with Gasteiger partial charge in [0, 0.05) is 19.0 Å². The van der Waals surface area contributed by atoms with Crippen molar-refractivity contribution < 1.29 is 14.3 Å². The van der Waals surface area contributed by atoms with Gasteiger partial charge in [0.25, 0.3) is 0 Å². The van der Waals surface area contributed by atoms with Gasteiger partial charge in [-0.05, 0) is 29.8 Å². The highest BCUT2D eigenvalue weighted by Crippen LogP contribution is 2.14. The summed E-state index contributed by atoms with van der Waals surface area (Å²) in [5.41, 5.74) is 0.813. The topological polar surface area (TPSA) is 65.7 Å². The maximum Gasteiger partial charge on any atom is 0.344 e. The third-order valence-corrected chi connectivity index (χ3v) is 2.82. The lowest BCUT2D eigenvalue weighted by Crippen LogP contribution is -2.20. The van der Waals surface area contributed by atoms with Gasteiger partial charge in [0.1, 0.15) is 11.7 Å². The summed E-state index contributed by atoms with van der Waals surface area (Å²) < 4.78 is 12.8. The molecule has 1 atom stereocenters. The number of hydrogen-bond acceptors (Lipinski definition) is 5. The van der Waals surface area contributed by atoms with Crippen LogP contribution in [0.3, 0.4) is 0 Å². The summed E-state index contributed by atoms with van der Waals surface area (Å²) >= 11 is 3.29. The fraction of sp³-hybridized carbons (Fsp3) is 0.417. The monoisotopic (exact) mass is 327 g/mol. The van der Waals surface area contributed by atoms with E-state index in [-0.39, 0.29) is 6.10 Å². The fourth-order valence-electron chi connectivity index (χ4n) is 1.56. The molecule has 0 unspecified atom stereocenters. The first-order valence-electron chi connectivity index (χ1n) is 5.89. The number of carbonyl (C=O) groups excluding carboxylic acids is 1. The minimum Gasteiger partial charge on any atom is -0.456 e. The molecule has 0 radical (unpaired) electrons. The average Bonchev–Trinajstić information content (AvgIpc) is 2.79. The zero-order chi connectivity index (χ0) is 13.8. The Labute approximate surface area is 118 Å². The molecular weight excluding hydrogens is 314 g/mol. The van der Waals surface area contributed by atoms with Gasteiger partial charge in [-0.3, -0.25) is 0 Å². The molecule has 0 bridgehead atoms. The molecule has 0 aliphatic rings. The highest BCUT2D eigenvalue weighted by atomic mass is 79.9. The first-order valence-corrected chi connectivity index (χ1v) is 6.68. The maximum absolute atomic E-state index is 12.0. The minimum atomic E-state index is -0.447. The Balaban J connectivity index is 2.13. The Morgan fingerprint density at radius 2 is 2.32 bits per heavy atom. The van der Waals surface area contributed by atoms with E-state index < -0.39 is 5.97 Å². The first-order chi connectivity index (χ1) is 9.11. The van der Waals surface area contributed by atoms with Gasteiger partial charge in [-0.15, -0.1) is 0 Å². The normalized spacial score (nSPS) is 12.6. The predicted molar refractivity (Wildman–Crippen MR) is 72.1 cm³/mol. The van der Waals surface area contributed by atoms with Gasteiger partial charge in [0.15, 0.2) is 5.65 Å². The summed E-state index contributed by atoms with van der Waals surface area (Å²) in [5.74, 6) is -0.447. The molecule has 0 aromatic carbocycles. The Kier molecular flexibility index (Phi) is 4.49. The standard InChI is InChI=1S/C12H14BrN3O3/c1-3-18-7-8(2)19-12(17)10-5-15-16-6-9(13)4-14-11(10)16/h4-6,8H,3,7H2,1-2H3/t8-/m0/s1. The molecule has 0 saturated carbocycles. The molecule has 0 N–H and O–H groups in total. The van der Waals surface area contributed by atoms with Gasteiger partial charge >= 0.3 is 5.97 Å². The Morgan fingerprint density at radius 1 is 1.53 bits per heavy atom. The van der Waals surface area contributed by atoms with Crippen LogP contribution >= 0.6 is 15.9 Å². The number of ether oxygens (including phenoxy) is 2. The number of hydrogen-bond donors (Lipinski definition) is 0. The molecular formula is C12H14BrN3O3. The SMILES string of the molecule is CCOC[C@H](C)OC(=O)c1cnn2cc(Br)cnc12. The largest absolute Gasteiger partial charge is 0.456 e. The minimum absolute atomic E-state index is 0.308. The van der Waals surface area contributed by atoms with Gasteiger partial charge < -0.3 is 9.47 Å². The Morgan fingerprint density at radius 3 is 3.05 bits per heavy atom. The van der Waals surface area contributed by atoms with Crippen LogP contribution in [0.2, 0.25) is 0 Å². The van der Waals surface area contributed by atoms with E-state index in [1.165, 1.54) is 10.7 Å². The summed E-state index contributed by atoms with van der Waals surface area (Å²) in [4.78, 5) is 16.1. The van der Waals surface area contributed by atoms with E-state index in [0.717, 1.165) is 4.47 Å². The number of carbonyl (C=O) groups is 1. The van der Waals surface area contributed by atoms with Gasteiger partial charge in [-0.1, -0.05) is 0 Å². The smallest absolute Gasteiger partial charge is 0.344 e. The molecule has 2 aromatic rings. The quantitative estimate of drug-likeness (QED) is 0.786. The van der Waals surface area contributed by atoms with E-state index in [2.05, 4.69) is 26.0 Å². The van der Waals surface area contributed by atoms with Crippen LogP contribution in [0.5, 0.6) is 0 Å². The summed E-state index contributed by atoms with van der Waals surface area (Å²) in [6, 6.07) is 0. The second-order valence-corrected chi connectivity index (χ2v) is 4.89. The molecule has 0 saturated heterocycles. The van der Waals surface area contributed by atoms with E-state index in [4.69, 9.17) is 9.47 Å². The molecule has 19 heavy (non-hydrogen) atoms. The van der Waals surface area contributed by atoms with Crippen molar-refractivity contribution in [2.75, 3.05) is 13.2 Å². The van der Waals surface area contributed by atoms with Crippen LogP contribution in [0.15, 0.2) is 23.1 Å². The lowest BCUT2D eigenvalue weighted by molar-refractivity contribution is 0.00455. The second kappa shape index (κ2) is 6.12. The van der Waals surface area contributed by atoms with Crippen molar-refractivity contribution >= 4 is 27.5 Å². The van der Waals surface area contributed by atoms with Crippen LogP contribution in [-0.2, 0) is 9.47 Å². The number of aromatic nitrogens is 3. The average molecular weight is 328 g/mol. The summed E-state index contributed by atoms with van der Waals surface area (Å²) in [7, 11) is 0. The molecule has 2 heterocycles. The molecule has 0 fully saturated rings. The lowest BCUT2D eigenvalue weighted by Gasteiger charge is -2.12. The third-order valence-electron chi connectivity index (χ3n) is 2.41. The number of rotatable bonds is 5. The predicted octanol–water partition coefficient (Wildman–Crippen LogP) is 2.07. The maximum atomic E-state index is 12.0. The Hall–Kier alpha value is -1.47. The molecule has 7 heteroatoms. The van der Waals surface area contributed by atoms with Crippen molar-refractivity contribution in [3.63, 3.8) is 0 Å². The van der Waals surface area contributed by atoms with Crippen LogP contribution < -0.4 is 0 Å². The van der Waals surface area contributed by atoms with Gasteiger partial charge in [-0.2, -0.15) is 5.10 Å². The number of fused-ring (bicyclic) bond motifs is 1. The first kappa shape index (κ1) is 14.0. The molecule has 6 nitrogen and oxygen atoms in total. The van der Waals surface area contributed by atoms with E-state index in [1.807, 2.05) is 6.92 Å². The lowest BCUT2D eigenvalue weighted by atomic mass is 10.3. The van der Waals surface area contributed by atoms with E-state index in [1.54, 1.807) is 19.3 Å². The van der Waals surface area contributed by atoms with Gasteiger partial charge in [0.2, 0.25) is 0 Å². The van der Waals surface area contributed by atoms with Crippen molar-refractivity contribution in [3.05, 3.63) is 28.6 Å². The van der Waals surface area contributed by atoms with Crippen LogP contribution in [-0.4, -0.2) is 39.9 Å². The van der Waals surface area contributed by atoms with Crippen LogP contribution in [0.1, 0.15) is 24.2 Å². The highest BCUT2D eigenvalue weighted by molar-refractivity contribution is 9.10. The van der Waals surface area contributed by atoms with Crippen molar-refractivity contribution in [2.24, 2.45) is 0 Å².